The second-order valence-electron chi connectivity index (χ2n) is 6.73. The summed E-state index contributed by atoms with van der Waals surface area (Å²) >= 11 is 0. The third-order valence-electron chi connectivity index (χ3n) is 5.36. The van der Waals surface area contributed by atoms with Crippen LogP contribution in [0.2, 0.25) is 0 Å². The highest BCUT2D eigenvalue weighted by Gasteiger charge is 2.35. The molecule has 2 fully saturated rings. The van der Waals surface area contributed by atoms with Gasteiger partial charge in [0, 0.05) is 30.6 Å². The van der Waals surface area contributed by atoms with E-state index in [1.165, 1.54) is 31.7 Å². The van der Waals surface area contributed by atoms with Gasteiger partial charge in [-0.3, -0.25) is 14.9 Å². The minimum atomic E-state index is -0.363. The van der Waals surface area contributed by atoms with E-state index in [4.69, 9.17) is 0 Å². The van der Waals surface area contributed by atoms with Gasteiger partial charge in [-0.2, -0.15) is 0 Å². The van der Waals surface area contributed by atoms with E-state index in [0.717, 1.165) is 19.4 Å². The number of piperidine rings is 1. The fourth-order valence-electron chi connectivity index (χ4n) is 4.22. The summed E-state index contributed by atoms with van der Waals surface area (Å²) in [5.74, 6) is 0.840. The SMILES string of the molecule is O=C(CCc1ccccc1[N+](=O)[O-])N1CCC[C@@H]2CCCC[C@H]21. The Morgan fingerprint density at radius 3 is 2.74 bits per heavy atom. The van der Waals surface area contributed by atoms with Gasteiger partial charge in [-0.15, -0.1) is 0 Å². The van der Waals surface area contributed by atoms with Crippen LogP contribution in [0.15, 0.2) is 24.3 Å². The maximum absolute atomic E-state index is 12.7. The number of carbonyl (C=O) groups excluding carboxylic acids is 1. The van der Waals surface area contributed by atoms with Crippen LogP contribution >= 0.6 is 0 Å². The van der Waals surface area contributed by atoms with Crippen LogP contribution in [0.1, 0.15) is 50.5 Å². The zero-order valence-corrected chi connectivity index (χ0v) is 13.4. The van der Waals surface area contributed by atoms with Crippen molar-refractivity contribution in [2.75, 3.05) is 6.54 Å². The molecule has 1 amide bonds. The van der Waals surface area contributed by atoms with Crippen molar-refractivity contribution in [1.82, 2.24) is 4.90 Å². The molecule has 23 heavy (non-hydrogen) atoms. The van der Waals surface area contributed by atoms with Crippen molar-refractivity contribution < 1.29 is 9.72 Å². The molecule has 1 saturated heterocycles. The number of nitro groups is 1. The normalized spacial score (nSPS) is 24.1. The Morgan fingerprint density at radius 2 is 1.91 bits per heavy atom. The van der Waals surface area contributed by atoms with Crippen molar-refractivity contribution in [3.05, 3.63) is 39.9 Å². The lowest BCUT2D eigenvalue weighted by Crippen LogP contribution is -2.49. The Labute approximate surface area is 136 Å². The number of nitro benzene ring substituents is 1. The van der Waals surface area contributed by atoms with E-state index < -0.39 is 0 Å². The number of likely N-dealkylation sites (tertiary alicyclic amines) is 1. The number of hydrogen-bond acceptors (Lipinski definition) is 3. The van der Waals surface area contributed by atoms with Gasteiger partial charge >= 0.3 is 0 Å². The van der Waals surface area contributed by atoms with E-state index in [1.54, 1.807) is 18.2 Å². The number of carbonyl (C=O) groups is 1. The fraction of sp³-hybridized carbons (Fsp3) is 0.611. The molecule has 1 aliphatic heterocycles. The van der Waals surface area contributed by atoms with Gasteiger partial charge < -0.3 is 4.90 Å². The van der Waals surface area contributed by atoms with Crippen LogP contribution in [0.4, 0.5) is 5.69 Å². The van der Waals surface area contributed by atoms with Crippen LogP contribution in [0.5, 0.6) is 0 Å². The molecule has 0 spiro atoms. The lowest BCUT2D eigenvalue weighted by molar-refractivity contribution is -0.385. The molecule has 1 aromatic carbocycles. The molecule has 3 rings (SSSR count). The first-order chi connectivity index (χ1) is 11.2. The van der Waals surface area contributed by atoms with Gasteiger partial charge in [-0.05, 0) is 38.0 Å². The van der Waals surface area contributed by atoms with Crippen LogP contribution in [0.25, 0.3) is 0 Å². The molecule has 0 unspecified atom stereocenters. The van der Waals surface area contributed by atoms with E-state index >= 15 is 0 Å². The molecule has 5 nitrogen and oxygen atoms in total. The average molecular weight is 316 g/mol. The molecule has 1 aromatic rings. The molecule has 2 atom stereocenters. The number of nitrogens with zero attached hydrogens (tertiary/aromatic N) is 2. The summed E-state index contributed by atoms with van der Waals surface area (Å²) in [6, 6.07) is 7.14. The number of benzene rings is 1. The van der Waals surface area contributed by atoms with E-state index in [9.17, 15) is 14.9 Å². The minimum Gasteiger partial charge on any atom is -0.339 e. The van der Waals surface area contributed by atoms with Crippen LogP contribution in [0.3, 0.4) is 0 Å². The zero-order valence-electron chi connectivity index (χ0n) is 13.4. The maximum Gasteiger partial charge on any atom is 0.272 e. The van der Waals surface area contributed by atoms with Crippen molar-refractivity contribution in [2.24, 2.45) is 5.92 Å². The maximum atomic E-state index is 12.7. The molecule has 5 heteroatoms. The van der Waals surface area contributed by atoms with Crippen LogP contribution in [-0.4, -0.2) is 28.3 Å². The molecule has 0 bridgehead atoms. The van der Waals surface area contributed by atoms with Crippen molar-refractivity contribution in [3.8, 4) is 0 Å². The summed E-state index contributed by atoms with van der Waals surface area (Å²) in [5, 5.41) is 11.1. The topological polar surface area (TPSA) is 63.4 Å². The molecule has 2 aliphatic rings. The summed E-state index contributed by atoms with van der Waals surface area (Å²) in [7, 11) is 0. The quantitative estimate of drug-likeness (QED) is 0.628. The molecule has 0 N–H and O–H groups in total. The van der Waals surface area contributed by atoms with Gasteiger partial charge in [0.2, 0.25) is 5.91 Å². The average Bonchev–Trinajstić information content (AvgIpc) is 2.59. The van der Waals surface area contributed by atoms with Crippen LogP contribution in [-0.2, 0) is 11.2 Å². The number of hydrogen-bond donors (Lipinski definition) is 0. The summed E-state index contributed by atoms with van der Waals surface area (Å²) in [6.45, 7) is 0.858. The standard InChI is InChI=1S/C18H24N2O3/c21-18(12-11-15-7-2-4-10-17(15)20(22)23)19-13-5-8-14-6-1-3-9-16(14)19/h2,4,7,10,14,16H,1,3,5-6,8-9,11-13H2/t14-,16+/m0/s1. The van der Waals surface area contributed by atoms with Crippen LogP contribution < -0.4 is 0 Å². The Balaban J connectivity index is 1.64. The van der Waals surface area contributed by atoms with Gasteiger partial charge in [-0.1, -0.05) is 31.0 Å². The Hall–Kier alpha value is -1.91. The first-order valence-corrected chi connectivity index (χ1v) is 8.68. The number of fused-ring (bicyclic) bond motifs is 1. The molecular weight excluding hydrogens is 292 g/mol. The van der Waals surface area contributed by atoms with Crippen molar-refractivity contribution in [2.45, 2.75) is 57.4 Å². The van der Waals surface area contributed by atoms with E-state index in [-0.39, 0.29) is 16.5 Å². The van der Waals surface area contributed by atoms with Gasteiger partial charge in [0.1, 0.15) is 0 Å². The van der Waals surface area contributed by atoms with E-state index in [1.807, 2.05) is 0 Å². The number of amides is 1. The minimum absolute atomic E-state index is 0.120. The third kappa shape index (κ3) is 3.54. The Bertz CT molecular complexity index is 585. The predicted molar refractivity (Wildman–Crippen MR) is 88.1 cm³/mol. The molecule has 1 aliphatic carbocycles. The van der Waals surface area contributed by atoms with Crippen molar-refractivity contribution in [3.63, 3.8) is 0 Å². The van der Waals surface area contributed by atoms with Gasteiger partial charge in [0.25, 0.3) is 5.69 Å². The highest BCUT2D eigenvalue weighted by molar-refractivity contribution is 5.77. The van der Waals surface area contributed by atoms with Crippen LogP contribution in [0, 0.1) is 16.0 Å². The second-order valence-corrected chi connectivity index (χ2v) is 6.73. The molecule has 1 heterocycles. The van der Waals surface area contributed by atoms with E-state index in [0.29, 0.717) is 30.4 Å². The summed E-state index contributed by atoms with van der Waals surface area (Å²) < 4.78 is 0. The Morgan fingerprint density at radius 1 is 1.17 bits per heavy atom. The molecule has 1 saturated carbocycles. The summed E-state index contributed by atoms with van der Waals surface area (Å²) in [5.41, 5.74) is 0.776. The first-order valence-electron chi connectivity index (χ1n) is 8.68. The smallest absolute Gasteiger partial charge is 0.272 e. The predicted octanol–water partition coefficient (Wildman–Crippen LogP) is 3.71. The van der Waals surface area contributed by atoms with Gasteiger partial charge in [0.05, 0.1) is 4.92 Å². The molecule has 124 valence electrons. The number of rotatable bonds is 4. The first kappa shape index (κ1) is 16.0. The largest absolute Gasteiger partial charge is 0.339 e. The molecule has 0 radical (unpaired) electrons. The van der Waals surface area contributed by atoms with Crippen molar-refractivity contribution >= 4 is 11.6 Å². The molecule has 0 aromatic heterocycles. The Kier molecular flexibility index (Phi) is 4.94. The highest BCUT2D eigenvalue weighted by Crippen LogP contribution is 2.35. The lowest BCUT2D eigenvalue weighted by Gasteiger charge is -2.44. The summed E-state index contributed by atoms with van der Waals surface area (Å²) in [4.78, 5) is 25.4. The summed E-state index contributed by atoms with van der Waals surface area (Å²) in [6.07, 6.45) is 8.05. The fourth-order valence-corrected chi connectivity index (χ4v) is 4.22. The van der Waals surface area contributed by atoms with Gasteiger partial charge in [0.15, 0.2) is 0 Å². The van der Waals surface area contributed by atoms with E-state index in [2.05, 4.69) is 4.90 Å². The third-order valence-corrected chi connectivity index (χ3v) is 5.36. The second kappa shape index (κ2) is 7.11. The number of para-hydroxylation sites is 1. The number of aryl methyl sites for hydroxylation is 1. The molecular formula is C18H24N2O3. The van der Waals surface area contributed by atoms with Crippen molar-refractivity contribution in [1.29, 1.82) is 0 Å². The monoisotopic (exact) mass is 316 g/mol. The highest BCUT2D eigenvalue weighted by atomic mass is 16.6. The van der Waals surface area contributed by atoms with Gasteiger partial charge in [-0.25, -0.2) is 0 Å². The zero-order chi connectivity index (χ0) is 16.2. The lowest BCUT2D eigenvalue weighted by atomic mass is 9.78.